The maximum absolute atomic E-state index is 11.9. The highest BCUT2D eigenvalue weighted by Gasteiger charge is 2.05. The number of carbonyl (C=O) groups is 1. The topological polar surface area (TPSA) is 41.6 Å². The van der Waals surface area contributed by atoms with E-state index in [1.165, 1.54) is 0 Å². The Kier molecular flexibility index (Phi) is 7.48. The summed E-state index contributed by atoms with van der Waals surface area (Å²) in [6.45, 7) is 2.98. The van der Waals surface area contributed by atoms with Gasteiger partial charge in [-0.3, -0.25) is 4.79 Å². The Morgan fingerprint density at radius 2 is 2.00 bits per heavy atom. The summed E-state index contributed by atoms with van der Waals surface area (Å²) in [7, 11) is 3.68. The van der Waals surface area contributed by atoms with Gasteiger partial charge in [0.2, 0.25) is 0 Å². The molecule has 5 heteroatoms. The number of amides is 1. The predicted molar refractivity (Wildman–Crippen MR) is 77.7 cm³/mol. The summed E-state index contributed by atoms with van der Waals surface area (Å²) in [5.74, 6) is 0.410. The Balaban J connectivity index is 2.30. The van der Waals surface area contributed by atoms with Crippen molar-refractivity contribution < 1.29 is 9.53 Å². The molecule has 0 atom stereocenters. The lowest BCUT2D eigenvalue weighted by molar-refractivity contribution is 0.0947. The highest BCUT2D eigenvalue weighted by atomic mass is 35.5. The van der Waals surface area contributed by atoms with E-state index >= 15 is 0 Å². The van der Waals surface area contributed by atoms with Crippen LogP contribution in [0.5, 0.6) is 0 Å². The number of benzene rings is 1. The molecule has 1 aromatic rings. The van der Waals surface area contributed by atoms with E-state index in [1.807, 2.05) is 19.2 Å². The van der Waals surface area contributed by atoms with E-state index in [9.17, 15) is 4.79 Å². The molecule has 0 aliphatic rings. The summed E-state index contributed by atoms with van der Waals surface area (Å²) in [5.41, 5.74) is 1.67. The van der Waals surface area contributed by atoms with Gasteiger partial charge in [-0.05, 0) is 24.7 Å². The van der Waals surface area contributed by atoms with Gasteiger partial charge in [0.05, 0.1) is 6.61 Å². The predicted octanol–water partition coefficient (Wildman–Crippen LogP) is 1.73. The molecule has 0 saturated heterocycles. The first kappa shape index (κ1) is 16.0. The molecule has 0 heterocycles. The molecule has 0 aromatic heterocycles. The second kappa shape index (κ2) is 8.91. The number of halogens is 1. The zero-order chi connectivity index (χ0) is 14.1. The number of hydrogen-bond donors (Lipinski definition) is 1. The third kappa shape index (κ3) is 6.05. The minimum atomic E-state index is -0.0544. The molecule has 1 rings (SSSR count). The van der Waals surface area contributed by atoms with Crippen molar-refractivity contribution in [2.75, 3.05) is 40.4 Å². The average Bonchev–Trinajstić information content (AvgIpc) is 2.45. The van der Waals surface area contributed by atoms with Crippen molar-refractivity contribution in [1.82, 2.24) is 10.2 Å². The maximum atomic E-state index is 11.9. The Hall–Kier alpha value is -1.10. The molecule has 0 radical (unpaired) electrons. The Bertz CT molecular complexity index is 382. The first-order chi connectivity index (χ1) is 9.17. The van der Waals surface area contributed by atoms with Crippen molar-refractivity contribution in [3.63, 3.8) is 0 Å². The number of nitrogens with one attached hydrogen (secondary N) is 1. The van der Waals surface area contributed by atoms with Crippen LogP contribution in [0.3, 0.4) is 0 Å². The molecular formula is C14H21ClN2O2. The Morgan fingerprint density at radius 3 is 2.58 bits per heavy atom. The van der Waals surface area contributed by atoms with Crippen LogP contribution in [-0.2, 0) is 10.6 Å². The monoisotopic (exact) mass is 284 g/mol. The molecule has 0 fully saturated rings. The standard InChI is InChI=1S/C14H21ClN2O2/c1-17(9-10-19-2)8-7-16-14(18)13-5-3-12(11-15)4-6-13/h3-6H,7-11H2,1-2H3,(H,16,18). The SMILES string of the molecule is COCCN(C)CCNC(=O)c1ccc(CCl)cc1. The molecule has 4 nitrogen and oxygen atoms in total. The highest BCUT2D eigenvalue weighted by Crippen LogP contribution is 2.06. The average molecular weight is 285 g/mol. The normalized spacial score (nSPS) is 10.7. The van der Waals surface area contributed by atoms with Crippen LogP contribution < -0.4 is 5.32 Å². The van der Waals surface area contributed by atoms with Crippen molar-refractivity contribution in [2.24, 2.45) is 0 Å². The van der Waals surface area contributed by atoms with Crippen LogP contribution in [-0.4, -0.2) is 51.2 Å². The number of rotatable bonds is 8. The molecule has 1 N–H and O–H groups in total. The van der Waals surface area contributed by atoms with Crippen molar-refractivity contribution in [1.29, 1.82) is 0 Å². The largest absolute Gasteiger partial charge is 0.383 e. The minimum Gasteiger partial charge on any atom is -0.383 e. The van der Waals surface area contributed by atoms with E-state index in [0.29, 0.717) is 24.6 Å². The zero-order valence-electron chi connectivity index (χ0n) is 11.5. The number of likely N-dealkylation sites (N-methyl/N-ethyl adjacent to an activating group) is 1. The number of carbonyl (C=O) groups excluding carboxylic acids is 1. The lowest BCUT2D eigenvalue weighted by Crippen LogP contribution is -2.34. The quantitative estimate of drug-likeness (QED) is 0.739. The number of hydrogen-bond acceptors (Lipinski definition) is 3. The van der Waals surface area contributed by atoms with Crippen molar-refractivity contribution in [3.05, 3.63) is 35.4 Å². The first-order valence-corrected chi connectivity index (χ1v) is 6.81. The van der Waals surface area contributed by atoms with Gasteiger partial charge in [0.1, 0.15) is 0 Å². The summed E-state index contributed by atoms with van der Waals surface area (Å²) in [4.78, 5) is 14.0. The van der Waals surface area contributed by atoms with Crippen LogP contribution >= 0.6 is 11.6 Å². The Labute approximate surface area is 119 Å². The smallest absolute Gasteiger partial charge is 0.251 e. The molecule has 0 saturated carbocycles. The summed E-state index contributed by atoms with van der Waals surface area (Å²) in [6.07, 6.45) is 0. The summed E-state index contributed by atoms with van der Waals surface area (Å²) in [6, 6.07) is 7.32. The van der Waals surface area contributed by atoms with E-state index in [2.05, 4.69) is 10.2 Å². The van der Waals surface area contributed by atoms with Crippen molar-refractivity contribution in [2.45, 2.75) is 5.88 Å². The van der Waals surface area contributed by atoms with E-state index in [1.54, 1.807) is 19.2 Å². The molecule has 0 spiro atoms. The number of nitrogens with zero attached hydrogens (tertiary/aromatic N) is 1. The van der Waals surface area contributed by atoms with Gasteiger partial charge in [-0.2, -0.15) is 0 Å². The fourth-order valence-corrected chi connectivity index (χ4v) is 1.74. The first-order valence-electron chi connectivity index (χ1n) is 6.28. The number of ether oxygens (including phenoxy) is 1. The van der Waals surface area contributed by atoms with E-state index < -0.39 is 0 Å². The van der Waals surface area contributed by atoms with Gasteiger partial charge in [-0.25, -0.2) is 0 Å². The molecule has 19 heavy (non-hydrogen) atoms. The van der Waals surface area contributed by atoms with Gasteiger partial charge >= 0.3 is 0 Å². The van der Waals surface area contributed by atoms with E-state index in [-0.39, 0.29) is 5.91 Å². The molecular weight excluding hydrogens is 264 g/mol. The zero-order valence-corrected chi connectivity index (χ0v) is 12.2. The van der Waals surface area contributed by atoms with Crippen molar-refractivity contribution in [3.8, 4) is 0 Å². The summed E-state index contributed by atoms with van der Waals surface area (Å²) < 4.78 is 4.99. The fraction of sp³-hybridized carbons (Fsp3) is 0.500. The van der Waals surface area contributed by atoms with Crippen LogP contribution in [0.4, 0.5) is 0 Å². The van der Waals surface area contributed by atoms with Gasteiger partial charge in [-0.1, -0.05) is 12.1 Å². The number of methoxy groups -OCH3 is 1. The van der Waals surface area contributed by atoms with E-state index in [0.717, 1.165) is 18.7 Å². The molecule has 0 unspecified atom stereocenters. The van der Waals surface area contributed by atoms with Gasteiger partial charge in [-0.15, -0.1) is 11.6 Å². The van der Waals surface area contributed by atoms with Crippen LogP contribution in [0.1, 0.15) is 15.9 Å². The van der Waals surface area contributed by atoms with Gasteiger partial charge in [0, 0.05) is 38.2 Å². The second-order valence-corrected chi connectivity index (χ2v) is 4.65. The molecule has 0 aliphatic heterocycles. The van der Waals surface area contributed by atoms with Gasteiger partial charge in [0.15, 0.2) is 0 Å². The van der Waals surface area contributed by atoms with Crippen LogP contribution in [0, 0.1) is 0 Å². The van der Waals surface area contributed by atoms with E-state index in [4.69, 9.17) is 16.3 Å². The summed E-state index contributed by atoms with van der Waals surface area (Å²) >= 11 is 5.70. The minimum absolute atomic E-state index is 0.0544. The van der Waals surface area contributed by atoms with Crippen LogP contribution in [0.2, 0.25) is 0 Å². The lowest BCUT2D eigenvalue weighted by atomic mass is 10.1. The van der Waals surface area contributed by atoms with Crippen LogP contribution in [0.25, 0.3) is 0 Å². The molecule has 0 aliphatic carbocycles. The Morgan fingerprint density at radius 1 is 1.32 bits per heavy atom. The van der Waals surface area contributed by atoms with Gasteiger partial charge in [0.25, 0.3) is 5.91 Å². The lowest BCUT2D eigenvalue weighted by Gasteiger charge is -2.16. The van der Waals surface area contributed by atoms with Gasteiger partial charge < -0.3 is 15.0 Å². The van der Waals surface area contributed by atoms with Crippen LogP contribution in [0.15, 0.2) is 24.3 Å². The third-order valence-corrected chi connectivity index (χ3v) is 3.14. The molecule has 1 amide bonds. The highest BCUT2D eigenvalue weighted by molar-refractivity contribution is 6.17. The maximum Gasteiger partial charge on any atom is 0.251 e. The molecule has 106 valence electrons. The summed E-state index contributed by atoms with van der Waals surface area (Å²) in [5, 5.41) is 2.89. The number of alkyl halides is 1. The second-order valence-electron chi connectivity index (χ2n) is 4.38. The van der Waals surface area contributed by atoms with Crippen molar-refractivity contribution >= 4 is 17.5 Å². The molecule has 0 bridgehead atoms. The fourth-order valence-electron chi connectivity index (χ4n) is 1.57. The third-order valence-electron chi connectivity index (χ3n) is 2.83. The molecule has 1 aromatic carbocycles.